The van der Waals surface area contributed by atoms with Gasteiger partial charge < -0.3 is 9.88 Å². The van der Waals surface area contributed by atoms with Gasteiger partial charge in [0.05, 0.1) is 28.6 Å². The summed E-state index contributed by atoms with van der Waals surface area (Å²) in [5, 5.41) is 0.671. The molecule has 1 aliphatic rings. The Morgan fingerprint density at radius 1 is 1.09 bits per heavy atom. The van der Waals surface area contributed by atoms with E-state index in [2.05, 4.69) is 4.98 Å². The van der Waals surface area contributed by atoms with Gasteiger partial charge in [0.25, 0.3) is 0 Å². The number of benzene rings is 2. The molecule has 0 saturated carbocycles. The van der Waals surface area contributed by atoms with Crippen molar-refractivity contribution in [1.82, 2.24) is 14.9 Å². The standard InChI is InChI=1S/C25H29N3O3S2/c1-18(2)15-28(21-13-14-33(30,31)17-21)22(29)16-32-25-26-23(19-9-5-3-6-10-19)24(27-25)20-11-7-4-8-12-20/h3-12,18,21H,13-17H2,1-2H3,(H,26,27)/t21-/m1/s1. The van der Waals surface area contributed by atoms with Crippen molar-refractivity contribution >= 4 is 27.5 Å². The normalized spacial score (nSPS) is 17.4. The average Bonchev–Trinajstić information content (AvgIpc) is 3.40. The number of H-pyrrole nitrogens is 1. The zero-order chi connectivity index (χ0) is 23.4. The van der Waals surface area contributed by atoms with Gasteiger partial charge in [-0.15, -0.1) is 0 Å². The third-order valence-electron chi connectivity index (χ3n) is 5.66. The number of hydrogen-bond donors (Lipinski definition) is 1. The van der Waals surface area contributed by atoms with E-state index in [0.717, 1.165) is 22.5 Å². The molecule has 0 radical (unpaired) electrons. The molecule has 1 atom stereocenters. The van der Waals surface area contributed by atoms with E-state index in [1.807, 2.05) is 74.5 Å². The van der Waals surface area contributed by atoms with Crippen molar-refractivity contribution in [3.8, 4) is 22.5 Å². The van der Waals surface area contributed by atoms with E-state index in [4.69, 9.17) is 4.98 Å². The van der Waals surface area contributed by atoms with Crippen molar-refractivity contribution in [1.29, 1.82) is 0 Å². The van der Waals surface area contributed by atoms with Gasteiger partial charge in [-0.1, -0.05) is 86.3 Å². The lowest BCUT2D eigenvalue weighted by atomic mass is 10.1. The van der Waals surface area contributed by atoms with Crippen molar-refractivity contribution in [2.24, 2.45) is 5.92 Å². The minimum Gasteiger partial charge on any atom is -0.338 e. The fraction of sp³-hybridized carbons (Fsp3) is 0.360. The number of sulfone groups is 1. The number of thioether (sulfide) groups is 1. The lowest BCUT2D eigenvalue weighted by molar-refractivity contribution is -0.130. The van der Waals surface area contributed by atoms with Gasteiger partial charge in [-0.3, -0.25) is 4.79 Å². The zero-order valence-corrected chi connectivity index (χ0v) is 20.5. The number of nitrogens with zero attached hydrogens (tertiary/aromatic N) is 2. The van der Waals surface area contributed by atoms with Crippen LogP contribution in [0.25, 0.3) is 22.5 Å². The highest BCUT2D eigenvalue weighted by atomic mass is 32.2. The maximum Gasteiger partial charge on any atom is 0.233 e. The Balaban J connectivity index is 1.55. The molecule has 3 aromatic rings. The topological polar surface area (TPSA) is 83.1 Å². The first-order valence-electron chi connectivity index (χ1n) is 11.2. The van der Waals surface area contributed by atoms with Crippen LogP contribution in [0, 0.1) is 5.92 Å². The summed E-state index contributed by atoms with van der Waals surface area (Å²) in [6.45, 7) is 4.64. The van der Waals surface area contributed by atoms with Crippen LogP contribution >= 0.6 is 11.8 Å². The molecule has 1 saturated heterocycles. The summed E-state index contributed by atoms with van der Waals surface area (Å²) in [5.74, 6) is 0.646. The Kier molecular flexibility index (Phi) is 7.24. The number of nitrogens with one attached hydrogen (secondary N) is 1. The van der Waals surface area contributed by atoms with Gasteiger partial charge in [-0.05, 0) is 12.3 Å². The average molecular weight is 484 g/mol. The van der Waals surface area contributed by atoms with E-state index in [0.29, 0.717) is 18.1 Å². The summed E-state index contributed by atoms with van der Waals surface area (Å²) in [5.41, 5.74) is 3.79. The first-order chi connectivity index (χ1) is 15.8. The number of aromatic amines is 1. The second-order valence-corrected chi connectivity index (χ2v) is 12.0. The number of imidazole rings is 1. The number of rotatable bonds is 8. The van der Waals surface area contributed by atoms with Crippen LogP contribution in [0.5, 0.6) is 0 Å². The summed E-state index contributed by atoms with van der Waals surface area (Å²) >= 11 is 1.36. The molecular formula is C25H29N3O3S2. The summed E-state index contributed by atoms with van der Waals surface area (Å²) in [4.78, 5) is 23.1. The highest BCUT2D eigenvalue weighted by molar-refractivity contribution is 7.99. The van der Waals surface area contributed by atoms with Gasteiger partial charge >= 0.3 is 0 Å². The predicted octanol–water partition coefficient (Wildman–Crippen LogP) is 4.51. The second-order valence-electron chi connectivity index (χ2n) is 8.78. The monoisotopic (exact) mass is 483 g/mol. The van der Waals surface area contributed by atoms with Crippen LogP contribution in [-0.2, 0) is 14.6 Å². The van der Waals surface area contributed by atoms with E-state index < -0.39 is 9.84 Å². The molecule has 1 N–H and O–H groups in total. The lowest BCUT2D eigenvalue weighted by Crippen LogP contribution is -2.44. The van der Waals surface area contributed by atoms with Crippen LogP contribution < -0.4 is 0 Å². The first kappa shape index (κ1) is 23.6. The second kappa shape index (κ2) is 10.1. The summed E-state index contributed by atoms with van der Waals surface area (Å²) in [6.07, 6.45) is 0.516. The Morgan fingerprint density at radius 3 is 2.30 bits per heavy atom. The molecule has 174 valence electrons. The van der Waals surface area contributed by atoms with Gasteiger partial charge in [0, 0.05) is 23.7 Å². The quantitative estimate of drug-likeness (QED) is 0.477. The predicted molar refractivity (Wildman–Crippen MR) is 134 cm³/mol. The van der Waals surface area contributed by atoms with Gasteiger partial charge in [-0.2, -0.15) is 0 Å². The number of carbonyl (C=O) groups excluding carboxylic acids is 1. The van der Waals surface area contributed by atoms with Crippen molar-refractivity contribution < 1.29 is 13.2 Å². The van der Waals surface area contributed by atoms with Gasteiger partial charge in [0.1, 0.15) is 0 Å². The minimum absolute atomic E-state index is 0.0466. The molecule has 33 heavy (non-hydrogen) atoms. The number of carbonyl (C=O) groups is 1. The fourth-order valence-corrected chi connectivity index (χ4v) is 6.61. The maximum absolute atomic E-state index is 13.2. The third kappa shape index (κ3) is 5.86. The fourth-order valence-electron chi connectivity index (χ4n) is 4.12. The summed E-state index contributed by atoms with van der Waals surface area (Å²) in [7, 11) is -3.06. The molecule has 2 heterocycles. The van der Waals surface area contributed by atoms with Crippen LogP contribution in [0.4, 0.5) is 0 Å². The van der Waals surface area contributed by atoms with Crippen molar-refractivity contribution in [3.05, 3.63) is 60.7 Å². The van der Waals surface area contributed by atoms with Gasteiger partial charge in [-0.25, -0.2) is 13.4 Å². The Hall–Kier alpha value is -2.58. The number of aromatic nitrogens is 2. The van der Waals surface area contributed by atoms with E-state index in [1.54, 1.807) is 4.90 Å². The highest BCUT2D eigenvalue weighted by Gasteiger charge is 2.34. The Labute approximate surface area is 199 Å². The van der Waals surface area contributed by atoms with E-state index in [1.165, 1.54) is 11.8 Å². The molecule has 0 spiro atoms. The molecule has 0 unspecified atom stereocenters. The molecule has 1 aromatic heterocycles. The van der Waals surface area contributed by atoms with E-state index in [9.17, 15) is 13.2 Å². The molecule has 1 aliphatic heterocycles. The maximum atomic E-state index is 13.2. The minimum atomic E-state index is -3.06. The number of amides is 1. The third-order valence-corrected chi connectivity index (χ3v) is 8.26. The van der Waals surface area contributed by atoms with Crippen molar-refractivity contribution in [2.45, 2.75) is 31.5 Å². The first-order valence-corrected chi connectivity index (χ1v) is 14.0. The Morgan fingerprint density at radius 2 is 1.73 bits per heavy atom. The summed E-state index contributed by atoms with van der Waals surface area (Å²) in [6, 6.07) is 19.8. The van der Waals surface area contributed by atoms with Crippen molar-refractivity contribution in [3.63, 3.8) is 0 Å². The Bertz CT molecular complexity index is 1140. The largest absolute Gasteiger partial charge is 0.338 e. The van der Waals surface area contributed by atoms with Crippen LogP contribution in [0.2, 0.25) is 0 Å². The molecule has 0 bridgehead atoms. The van der Waals surface area contributed by atoms with Crippen LogP contribution in [-0.4, -0.2) is 59.0 Å². The zero-order valence-electron chi connectivity index (χ0n) is 18.9. The smallest absolute Gasteiger partial charge is 0.233 e. The molecule has 1 amide bonds. The lowest BCUT2D eigenvalue weighted by Gasteiger charge is -2.29. The molecular weight excluding hydrogens is 454 g/mol. The molecule has 8 heteroatoms. The molecule has 2 aromatic carbocycles. The van der Waals surface area contributed by atoms with Crippen LogP contribution in [0.3, 0.4) is 0 Å². The molecule has 1 fully saturated rings. The van der Waals surface area contributed by atoms with Crippen LogP contribution in [0.1, 0.15) is 20.3 Å². The molecule has 0 aliphatic carbocycles. The number of hydrogen-bond acceptors (Lipinski definition) is 5. The van der Waals surface area contributed by atoms with Gasteiger partial charge in [0.2, 0.25) is 5.91 Å². The van der Waals surface area contributed by atoms with E-state index >= 15 is 0 Å². The highest BCUT2D eigenvalue weighted by Crippen LogP contribution is 2.33. The van der Waals surface area contributed by atoms with E-state index in [-0.39, 0.29) is 35.1 Å². The van der Waals surface area contributed by atoms with Gasteiger partial charge in [0.15, 0.2) is 15.0 Å². The molecule has 6 nitrogen and oxygen atoms in total. The van der Waals surface area contributed by atoms with Crippen molar-refractivity contribution in [2.75, 3.05) is 23.8 Å². The molecule has 4 rings (SSSR count). The SMILES string of the molecule is CC(C)CN(C(=O)CSc1nc(-c2ccccc2)c(-c2ccccc2)[nH]1)[C@@H]1CCS(=O)(=O)C1. The van der Waals surface area contributed by atoms with Crippen LogP contribution in [0.15, 0.2) is 65.8 Å². The summed E-state index contributed by atoms with van der Waals surface area (Å²) < 4.78 is 24.0.